The van der Waals surface area contributed by atoms with Crippen LogP contribution in [-0.4, -0.2) is 23.5 Å². The third-order valence-corrected chi connectivity index (χ3v) is 4.53. The third kappa shape index (κ3) is 2.40. The Morgan fingerprint density at radius 2 is 2.00 bits per heavy atom. The number of carboxylic acids is 1. The lowest BCUT2D eigenvalue weighted by atomic mass is 10.1. The molecular formula is C17H13NO3S. The van der Waals surface area contributed by atoms with E-state index in [2.05, 4.69) is 6.58 Å². The van der Waals surface area contributed by atoms with Crippen LogP contribution < -0.4 is 4.90 Å². The highest BCUT2D eigenvalue weighted by Crippen LogP contribution is 2.41. The highest BCUT2D eigenvalue weighted by atomic mass is 32.2. The summed E-state index contributed by atoms with van der Waals surface area (Å²) >= 11 is 1.47. The molecule has 0 atom stereocenters. The van der Waals surface area contributed by atoms with Gasteiger partial charge in [-0.1, -0.05) is 30.0 Å². The maximum atomic E-state index is 12.8. The Labute approximate surface area is 132 Å². The zero-order valence-electron chi connectivity index (χ0n) is 11.7. The van der Waals surface area contributed by atoms with Gasteiger partial charge in [0.1, 0.15) is 0 Å². The van der Waals surface area contributed by atoms with Gasteiger partial charge in [0, 0.05) is 16.3 Å². The second-order valence-corrected chi connectivity index (χ2v) is 5.87. The highest BCUT2D eigenvalue weighted by molar-refractivity contribution is 7.99. The number of hydrogen-bond acceptors (Lipinski definition) is 3. The summed E-state index contributed by atoms with van der Waals surface area (Å²) in [4.78, 5) is 27.3. The van der Waals surface area contributed by atoms with E-state index in [-0.39, 0.29) is 11.5 Å². The number of benzene rings is 2. The van der Waals surface area contributed by atoms with Gasteiger partial charge < -0.3 is 10.0 Å². The number of carbonyl (C=O) groups excluding carboxylic acids is 1. The minimum Gasteiger partial charge on any atom is -0.478 e. The molecule has 0 saturated heterocycles. The molecule has 2 aromatic carbocycles. The van der Waals surface area contributed by atoms with E-state index in [1.54, 1.807) is 29.2 Å². The van der Waals surface area contributed by atoms with Crippen LogP contribution in [0, 0.1) is 0 Å². The average Bonchev–Trinajstić information content (AvgIpc) is 2.63. The Morgan fingerprint density at radius 1 is 1.23 bits per heavy atom. The average molecular weight is 311 g/mol. The molecule has 4 nitrogen and oxygen atoms in total. The first-order valence-corrected chi connectivity index (χ1v) is 7.50. The smallest absolute Gasteiger partial charge is 0.335 e. The Balaban J connectivity index is 2.21. The van der Waals surface area contributed by atoms with Crippen molar-refractivity contribution in [2.75, 3.05) is 11.4 Å². The number of amides is 1. The van der Waals surface area contributed by atoms with E-state index in [1.165, 1.54) is 17.8 Å². The molecular weight excluding hydrogens is 298 g/mol. The van der Waals surface area contributed by atoms with Crippen molar-refractivity contribution < 1.29 is 14.7 Å². The lowest BCUT2D eigenvalue weighted by molar-refractivity contribution is 0.0696. The van der Waals surface area contributed by atoms with Crippen molar-refractivity contribution in [3.8, 4) is 0 Å². The van der Waals surface area contributed by atoms with Crippen molar-refractivity contribution in [2.24, 2.45) is 0 Å². The molecule has 0 aromatic heterocycles. The fraction of sp³-hybridized carbons (Fsp3) is 0.0588. The van der Waals surface area contributed by atoms with Crippen LogP contribution >= 0.6 is 11.8 Å². The lowest BCUT2D eigenvalue weighted by Gasteiger charge is -2.21. The number of anilines is 1. The second-order valence-electron chi connectivity index (χ2n) is 4.79. The van der Waals surface area contributed by atoms with E-state index in [1.807, 2.05) is 18.2 Å². The van der Waals surface area contributed by atoms with Crippen molar-refractivity contribution >= 4 is 29.3 Å². The molecule has 0 radical (unpaired) electrons. The van der Waals surface area contributed by atoms with E-state index < -0.39 is 5.97 Å². The molecule has 110 valence electrons. The van der Waals surface area contributed by atoms with Crippen LogP contribution in [0.4, 0.5) is 5.69 Å². The van der Waals surface area contributed by atoms with Crippen LogP contribution in [0.2, 0.25) is 0 Å². The number of carboxylic acid groups (broad SMARTS) is 1. The molecule has 1 heterocycles. The number of carbonyl (C=O) groups is 2. The zero-order chi connectivity index (χ0) is 15.7. The Bertz CT molecular complexity index is 785. The highest BCUT2D eigenvalue weighted by Gasteiger charge is 2.27. The van der Waals surface area contributed by atoms with Gasteiger partial charge in [-0.25, -0.2) is 4.79 Å². The molecule has 5 heteroatoms. The van der Waals surface area contributed by atoms with Crippen molar-refractivity contribution in [3.05, 3.63) is 66.2 Å². The summed E-state index contributed by atoms with van der Waals surface area (Å²) < 4.78 is 0. The predicted molar refractivity (Wildman–Crippen MR) is 85.8 cm³/mol. The molecule has 3 rings (SSSR count). The van der Waals surface area contributed by atoms with Gasteiger partial charge in [-0.2, -0.15) is 0 Å². The molecule has 1 aliphatic heterocycles. The Morgan fingerprint density at radius 3 is 2.73 bits per heavy atom. The fourth-order valence-corrected chi connectivity index (χ4v) is 3.42. The predicted octanol–water partition coefficient (Wildman–Crippen LogP) is 3.68. The van der Waals surface area contributed by atoms with E-state index in [0.717, 1.165) is 9.79 Å². The molecule has 1 N–H and O–H groups in total. The first-order valence-electron chi connectivity index (χ1n) is 6.69. The number of rotatable bonds is 3. The molecule has 0 saturated carbocycles. The van der Waals surface area contributed by atoms with E-state index in [0.29, 0.717) is 17.8 Å². The van der Waals surface area contributed by atoms with Gasteiger partial charge in [-0.05, 0) is 30.3 Å². The summed E-state index contributed by atoms with van der Waals surface area (Å²) in [5.74, 6) is -1.16. The van der Waals surface area contributed by atoms with Crippen LogP contribution in [-0.2, 0) is 0 Å². The molecule has 0 bridgehead atoms. The van der Waals surface area contributed by atoms with Gasteiger partial charge in [0.25, 0.3) is 5.91 Å². The SMILES string of the molecule is C=CCN1C(=O)c2ccccc2Sc2ccc(C(=O)O)cc21. The topological polar surface area (TPSA) is 57.6 Å². The summed E-state index contributed by atoms with van der Waals surface area (Å²) in [5.41, 5.74) is 1.38. The number of hydrogen-bond donors (Lipinski definition) is 1. The normalized spacial score (nSPS) is 13.1. The maximum Gasteiger partial charge on any atom is 0.335 e. The molecule has 0 fully saturated rings. The van der Waals surface area contributed by atoms with Gasteiger partial charge in [-0.3, -0.25) is 4.79 Å². The van der Waals surface area contributed by atoms with Crippen LogP contribution in [0.3, 0.4) is 0 Å². The van der Waals surface area contributed by atoms with Crippen molar-refractivity contribution in [1.82, 2.24) is 0 Å². The summed E-state index contributed by atoms with van der Waals surface area (Å²) in [5, 5.41) is 9.18. The summed E-state index contributed by atoms with van der Waals surface area (Å²) in [6.07, 6.45) is 1.63. The van der Waals surface area contributed by atoms with Gasteiger partial charge in [0.05, 0.1) is 16.8 Å². The van der Waals surface area contributed by atoms with Crippen LogP contribution in [0.1, 0.15) is 20.7 Å². The van der Waals surface area contributed by atoms with Gasteiger partial charge >= 0.3 is 5.97 Å². The standard InChI is InChI=1S/C17H13NO3S/c1-2-9-18-13-10-11(17(20)21)7-8-15(13)22-14-6-4-3-5-12(14)16(18)19/h2-8,10H,1,9H2,(H,20,21). The van der Waals surface area contributed by atoms with E-state index in [9.17, 15) is 14.7 Å². The minimum atomic E-state index is -1.01. The second kappa shape index (κ2) is 5.69. The lowest BCUT2D eigenvalue weighted by Crippen LogP contribution is -2.31. The van der Waals surface area contributed by atoms with Crippen LogP contribution in [0.5, 0.6) is 0 Å². The first-order chi connectivity index (χ1) is 10.6. The first kappa shape index (κ1) is 14.4. The van der Waals surface area contributed by atoms with Crippen LogP contribution in [0.25, 0.3) is 0 Å². The third-order valence-electron chi connectivity index (χ3n) is 3.39. The zero-order valence-corrected chi connectivity index (χ0v) is 12.5. The monoisotopic (exact) mass is 311 g/mol. The van der Waals surface area contributed by atoms with Gasteiger partial charge in [0.2, 0.25) is 0 Å². The van der Waals surface area contributed by atoms with Crippen molar-refractivity contribution in [2.45, 2.75) is 9.79 Å². The number of fused-ring (bicyclic) bond motifs is 2. The molecule has 0 aliphatic carbocycles. The Kier molecular flexibility index (Phi) is 3.73. The summed E-state index contributed by atoms with van der Waals surface area (Å²) in [6.45, 7) is 4.01. The summed E-state index contributed by atoms with van der Waals surface area (Å²) in [7, 11) is 0. The molecule has 0 spiro atoms. The molecule has 1 amide bonds. The van der Waals surface area contributed by atoms with Crippen LogP contribution in [0.15, 0.2) is 64.9 Å². The van der Waals surface area contributed by atoms with Crippen molar-refractivity contribution in [1.29, 1.82) is 0 Å². The van der Waals surface area contributed by atoms with E-state index >= 15 is 0 Å². The molecule has 22 heavy (non-hydrogen) atoms. The largest absolute Gasteiger partial charge is 0.478 e. The van der Waals surface area contributed by atoms with E-state index in [4.69, 9.17) is 0 Å². The van der Waals surface area contributed by atoms with Gasteiger partial charge in [-0.15, -0.1) is 6.58 Å². The fourth-order valence-electron chi connectivity index (χ4n) is 2.36. The maximum absolute atomic E-state index is 12.8. The minimum absolute atomic E-state index is 0.149. The quantitative estimate of drug-likeness (QED) is 0.879. The number of aromatic carboxylic acids is 1. The summed E-state index contributed by atoms with van der Waals surface area (Å²) in [6, 6.07) is 12.2. The van der Waals surface area contributed by atoms with Crippen molar-refractivity contribution in [3.63, 3.8) is 0 Å². The molecule has 2 aromatic rings. The molecule has 0 unspecified atom stereocenters. The van der Waals surface area contributed by atoms with Gasteiger partial charge in [0.15, 0.2) is 0 Å². The molecule has 1 aliphatic rings. The number of nitrogens with zero attached hydrogens (tertiary/aromatic N) is 1. The Hall–Kier alpha value is -2.53.